The highest BCUT2D eigenvalue weighted by atomic mass is 16.5. The van der Waals surface area contributed by atoms with Crippen molar-refractivity contribution in [3.63, 3.8) is 0 Å². The Balaban J connectivity index is 2.31. The van der Waals surface area contributed by atoms with Crippen molar-refractivity contribution in [2.24, 2.45) is 11.7 Å². The molecule has 2 rings (SSSR count). The van der Waals surface area contributed by atoms with Crippen LogP contribution in [0.15, 0.2) is 42.5 Å². The van der Waals surface area contributed by atoms with Gasteiger partial charge in [0.2, 0.25) is 0 Å². The van der Waals surface area contributed by atoms with E-state index in [9.17, 15) is 4.79 Å². The Kier molecular flexibility index (Phi) is 4.63. The quantitative estimate of drug-likeness (QED) is 0.858. The van der Waals surface area contributed by atoms with E-state index >= 15 is 0 Å². The van der Waals surface area contributed by atoms with Crippen LogP contribution in [-0.2, 0) is 16.0 Å². The molecule has 112 valence electrons. The fraction of sp³-hybridized carbons (Fsp3) is 0.389. The molecule has 0 fully saturated rings. The normalized spacial score (nSPS) is 14.1. The first-order chi connectivity index (χ1) is 9.94. The van der Waals surface area contributed by atoms with Gasteiger partial charge in [-0.1, -0.05) is 56.3 Å². The summed E-state index contributed by atoms with van der Waals surface area (Å²) < 4.78 is 4.91. The molecule has 0 spiro atoms. The van der Waals surface area contributed by atoms with Crippen molar-refractivity contribution in [1.29, 1.82) is 0 Å². The summed E-state index contributed by atoms with van der Waals surface area (Å²) in [5.74, 6) is -0.0149. The van der Waals surface area contributed by atoms with Gasteiger partial charge in [0.15, 0.2) is 0 Å². The Morgan fingerprint density at radius 3 is 2.48 bits per heavy atom. The number of esters is 1. The number of fused-ring (bicyclic) bond motifs is 1. The number of nitrogens with two attached hydrogens (primary N) is 1. The maximum absolute atomic E-state index is 12.1. The first-order valence-electron chi connectivity index (χ1n) is 7.29. The van der Waals surface area contributed by atoms with Crippen molar-refractivity contribution >= 4 is 16.7 Å². The second-order valence-corrected chi connectivity index (χ2v) is 6.10. The molecule has 3 nitrogen and oxygen atoms in total. The number of carbonyl (C=O) groups is 1. The summed E-state index contributed by atoms with van der Waals surface area (Å²) in [4.78, 5) is 12.1. The Morgan fingerprint density at radius 1 is 1.19 bits per heavy atom. The van der Waals surface area contributed by atoms with Crippen molar-refractivity contribution in [3.05, 3.63) is 48.0 Å². The molecule has 1 atom stereocenters. The molecule has 3 heteroatoms. The second-order valence-electron chi connectivity index (χ2n) is 6.10. The van der Waals surface area contributed by atoms with Crippen LogP contribution in [0.1, 0.15) is 25.8 Å². The number of benzene rings is 2. The summed E-state index contributed by atoms with van der Waals surface area (Å²) in [6.45, 7) is 4.12. The third-order valence-corrected chi connectivity index (χ3v) is 3.70. The lowest BCUT2D eigenvalue weighted by Crippen LogP contribution is -2.51. The number of hydrogen-bond donors (Lipinski definition) is 1. The van der Waals surface area contributed by atoms with Gasteiger partial charge in [-0.2, -0.15) is 0 Å². The van der Waals surface area contributed by atoms with Crippen LogP contribution in [0.2, 0.25) is 0 Å². The van der Waals surface area contributed by atoms with Gasteiger partial charge in [0.05, 0.1) is 7.11 Å². The average molecular weight is 285 g/mol. The lowest BCUT2D eigenvalue weighted by Gasteiger charge is -2.28. The van der Waals surface area contributed by atoms with Crippen LogP contribution in [-0.4, -0.2) is 18.6 Å². The third kappa shape index (κ3) is 3.61. The van der Waals surface area contributed by atoms with E-state index < -0.39 is 5.54 Å². The van der Waals surface area contributed by atoms with Crippen LogP contribution in [0, 0.1) is 5.92 Å². The Labute approximate surface area is 126 Å². The molecular formula is C18H23NO2. The van der Waals surface area contributed by atoms with Gasteiger partial charge in [0.25, 0.3) is 0 Å². The largest absolute Gasteiger partial charge is 0.468 e. The van der Waals surface area contributed by atoms with Crippen molar-refractivity contribution in [2.75, 3.05) is 7.11 Å². The van der Waals surface area contributed by atoms with Crippen LogP contribution < -0.4 is 5.73 Å². The van der Waals surface area contributed by atoms with Gasteiger partial charge in [-0.15, -0.1) is 0 Å². The van der Waals surface area contributed by atoms with E-state index in [1.54, 1.807) is 0 Å². The van der Waals surface area contributed by atoms with Crippen LogP contribution in [0.5, 0.6) is 0 Å². The number of carbonyl (C=O) groups excluding carboxylic acids is 1. The summed E-state index contributed by atoms with van der Waals surface area (Å²) in [6.07, 6.45) is 1.09. The lowest BCUT2D eigenvalue weighted by atomic mass is 9.84. The van der Waals surface area contributed by atoms with Crippen LogP contribution >= 0.6 is 0 Å². The molecule has 0 bridgehead atoms. The van der Waals surface area contributed by atoms with E-state index in [1.165, 1.54) is 12.5 Å². The molecule has 2 N–H and O–H groups in total. The van der Waals surface area contributed by atoms with E-state index in [4.69, 9.17) is 10.5 Å². The summed E-state index contributed by atoms with van der Waals surface area (Å²) in [6, 6.07) is 14.4. The van der Waals surface area contributed by atoms with Crippen molar-refractivity contribution in [3.8, 4) is 0 Å². The number of rotatable bonds is 5. The minimum absolute atomic E-state index is 0.328. The van der Waals surface area contributed by atoms with Gasteiger partial charge in [-0.25, -0.2) is 0 Å². The lowest BCUT2D eigenvalue weighted by molar-refractivity contribution is -0.147. The first-order valence-corrected chi connectivity index (χ1v) is 7.29. The number of hydrogen-bond acceptors (Lipinski definition) is 3. The molecule has 0 aliphatic rings. The molecule has 0 unspecified atom stereocenters. The zero-order chi connectivity index (χ0) is 15.5. The standard InChI is InChI=1S/C18H23NO2/c1-13(2)11-18(19,17(20)21-3)12-14-8-9-15-6-4-5-7-16(15)10-14/h4-10,13H,11-12,19H2,1-3H3/t18-/m1/s1. The maximum Gasteiger partial charge on any atom is 0.326 e. The summed E-state index contributed by atoms with van der Waals surface area (Å²) in [5, 5.41) is 2.34. The number of methoxy groups -OCH3 is 1. The van der Waals surface area contributed by atoms with E-state index in [0.29, 0.717) is 18.8 Å². The van der Waals surface area contributed by atoms with Crippen molar-refractivity contribution < 1.29 is 9.53 Å². The van der Waals surface area contributed by atoms with Crippen LogP contribution in [0.4, 0.5) is 0 Å². The smallest absolute Gasteiger partial charge is 0.326 e. The predicted molar refractivity (Wildman–Crippen MR) is 86.0 cm³/mol. The molecule has 0 aliphatic carbocycles. The van der Waals surface area contributed by atoms with E-state index in [-0.39, 0.29) is 5.97 Å². The van der Waals surface area contributed by atoms with Gasteiger partial charge < -0.3 is 10.5 Å². The SMILES string of the molecule is COC(=O)[C@](N)(Cc1ccc2ccccc2c1)CC(C)C. The molecule has 0 saturated heterocycles. The maximum atomic E-state index is 12.1. The minimum atomic E-state index is -0.967. The van der Waals surface area contributed by atoms with Crippen molar-refractivity contribution in [2.45, 2.75) is 32.2 Å². The van der Waals surface area contributed by atoms with Gasteiger partial charge in [-0.05, 0) is 28.7 Å². The molecule has 2 aromatic carbocycles. The predicted octanol–water partition coefficient (Wildman–Crippen LogP) is 3.30. The van der Waals surface area contributed by atoms with E-state index in [0.717, 1.165) is 10.9 Å². The first kappa shape index (κ1) is 15.5. The molecule has 21 heavy (non-hydrogen) atoms. The molecule has 0 heterocycles. The highest BCUT2D eigenvalue weighted by Crippen LogP contribution is 2.24. The Bertz CT molecular complexity index is 636. The Hall–Kier alpha value is -1.87. The zero-order valence-electron chi connectivity index (χ0n) is 12.9. The van der Waals surface area contributed by atoms with E-state index in [1.807, 2.05) is 18.2 Å². The van der Waals surface area contributed by atoms with Gasteiger partial charge >= 0.3 is 5.97 Å². The number of ether oxygens (including phenoxy) is 1. The Morgan fingerprint density at radius 2 is 1.86 bits per heavy atom. The highest BCUT2D eigenvalue weighted by Gasteiger charge is 2.36. The monoisotopic (exact) mass is 285 g/mol. The van der Waals surface area contributed by atoms with Crippen LogP contribution in [0.25, 0.3) is 10.8 Å². The third-order valence-electron chi connectivity index (χ3n) is 3.70. The zero-order valence-corrected chi connectivity index (χ0v) is 12.9. The van der Waals surface area contributed by atoms with Crippen LogP contribution in [0.3, 0.4) is 0 Å². The fourth-order valence-corrected chi connectivity index (χ4v) is 2.87. The topological polar surface area (TPSA) is 52.3 Å². The molecule has 2 aromatic rings. The summed E-state index contributed by atoms with van der Waals surface area (Å²) in [7, 11) is 1.39. The molecule has 0 aromatic heterocycles. The van der Waals surface area contributed by atoms with E-state index in [2.05, 4.69) is 38.1 Å². The molecule has 0 saturated carbocycles. The second kappa shape index (κ2) is 6.27. The van der Waals surface area contributed by atoms with Gasteiger partial charge in [0.1, 0.15) is 5.54 Å². The fourth-order valence-electron chi connectivity index (χ4n) is 2.87. The minimum Gasteiger partial charge on any atom is -0.468 e. The highest BCUT2D eigenvalue weighted by molar-refractivity contribution is 5.84. The van der Waals surface area contributed by atoms with Crippen molar-refractivity contribution in [1.82, 2.24) is 0 Å². The average Bonchev–Trinajstić information content (AvgIpc) is 2.45. The molecule has 0 aliphatic heterocycles. The molecule has 0 amide bonds. The van der Waals surface area contributed by atoms with Gasteiger partial charge in [0, 0.05) is 6.42 Å². The molecular weight excluding hydrogens is 262 g/mol. The summed E-state index contributed by atoms with van der Waals surface area (Å²) in [5.41, 5.74) is 6.45. The summed E-state index contributed by atoms with van der Waals surface area (Å²) >= 11 is 0. The molecule has 0 radical (unpaired) electrons. The van der Waals surface area contributed by atoms with Gasteiger partial charge in [-0.3, -0.25) is 4.79 Å².